The Morgan fingerprint density at radius 1 is 1.57 bits per heavy atom. The number of aryl methyl sites for hydroxylation is 1. The van der Waals surface area contributed by atoms with Crippen LogP contribution in [0.2, 0.25) is 0 Å². The Hall–Kier alpha value is -1.32. The van der Waals surface area contributed by atoms with E-state index in [1.807, 2.05) is 6.20 Å². The maximum Gasteiger partial charge on any atom is 0.305 e. The molecule has 0 fully saturated rings. The summed E-state index contributed by atoms with van der Waals surface area (Å²) in [6.45, 7) is 6.74. The summed E-state index contributed by atoms with van der Waals surface area (Å²) in [5, 5.41) is 12.6. The highest BCUT2D eigenvalue weighted by Crippen LogP contribution is 2.20. The summed E-state index contributed by atoms with van der Waals surface area (Å²) < 4.78 is 1.68. The Labute approximate surface area is 83.5 Å². The smallest absolute Gasteiger partial charge is 0.305 e. The molecule has 0 spiro atoms. The van der Waals surface area contributed by atoms with E-state index in [0.29, 0.717) is 6.54 Å². The summed E-state index contributed by atoms with van der Waals surface area (Å²) in [4.78, 5) is 10.3. The Morgan fingerprint density at radius 2 is 2.21 bits per heavy atom. The molecule has 0 aromatic carbocycles. The van der Waals surface area contributed by atoms with Crippen molar-refractivity contribution in [1.29, 1.82) is 0 Å². The summed E-state index contributed by atoms with van der Waals surface area (Å²) >= 11 is 0. The molecule has 1 N–H and O–H groups in total. The second kappa shape index (κ2) is 3.82. The van der Waals surface area contributed by atoms with Gasteiger partial charge in [0.15, 0.2) is 0 Å². The Morgan fingerprint density at radius 3 is 2.64 bits per heavy atom. The van der Waals surface area contributed by atoms with Crippen LogP contribution in [0.1, 0.15) is 32.8 Å². The molecule has 1 heterocycles. The molecule has 0 unspecified atom stereocenters. The van der Waals surface area contributed by atoms with E-state index in [9.17, 15) is 4.79 Å². The summed E-state index contributed by atoms with van der Waals surface area (Å²) in [7, 11) is 0. The van der Waals surface area contributed by atoms with Gasteiger partial charge in [0.05, 0.1) is 19.2 Å². The fourth-order valence-electron chi connectivity index (χ4n) is 1.08. The molecule has 0 aliphatic carbocycles. The maximum absolute atomic E-state index is 10.3. The highest BCUT2D eigenvalue weighted by Gasteiger charge is 2.15. The van der Waals surface area contributed by atoms with Gasteiger partial charge in [0, 0.05) is 6.20 Å². The molecule has 0 amide bonds. The number of aliphatic carboxylic acids is 1. The van der Waals surface area contributed by atoms with E-state index in [1.165, 1.54) is 0 Å². The minimum Gasteiger partial charge on any atom is -0.481 e. The van der Waals surface area contributed by atoms with Crippen LogP contribution in [-0.2, 0) is 16.8 Å². The first-order valence-electron chi connectivity index (χ1n) is 4.64. The zero-order chi connectivity index (χ0) is 10.8. The molecule has 4 nitrogen and oxygen atoms in total. The number of hydrogen-bond acceptors (Lipinski definition) is 2. The van der Waals surface area contributed by atoms with Gasteiger partial charge in [-0.3, -0.25) is 9.48 Å². The molecule has 4 heteroatoms. The van der Waals surface area contributed by atoms with Crippen LogP contribution in [0.5, 0.6) is 0 Å². The summed E-state index contributed by atoms with van der Waals surface area (Å²) in [6.07, 6.45) is 3.82. The molecule has 0 atom stereocenters. The number of carbonyl (C=O) groups is 1. The third-order valence-electron chi connectivity index (χ3n) is 2.05. The Kier molecular flexibility index (Phi) is 2.93. The minimum atomic E-state index is -0.794. The van der Waals surface area contributed by atoms with Gasteiger partial charge in [-0.1, -0.05) is 20.8 Å². The van der Waals surface area contributed by atoms with Gasteiger partial charge in [0.1, 0.15) is 0 Å². The van der Waals surface area contributed by atoms with E-state index in [0.717, 1.165) is 5.56 Å². The van der Waals surface area contributed by atoms with Crippen molar-refractivity contribution >= 4 is 5.97 Å². The second-order valence-corrected chi connectivity index (χ2v) is 4.39. The van der Waals surface area contributed by atoms with Gasteiger partial charge in [-0.15, -0.1) is 0 Å². The molecule has 78 valence electrons. The van der Waals surface area contributed by atoms with Crippen LogP contribution < -0.4 is 0 Å². The van der Waals surface area contributed by atoms with Crippen LogP contribution >= 0.6 is 0 Å². The van der Waals surface area contributed by atoms with Gasteiger partial charge in [-0.05, 0) is 11.0 Å². The lowest BCUT2D eigenvalue weighted by Crippen LogP contribution is -2.10. The highest BCUT2D eigenvalue weighted by molar-refractivity contribution is 5.66. The second-order valence-electron chi connectivity index (χ2n) is 4.39. The van der Waals surface area contributed by atoms with Crippen molar-refractivity contribution in [3.63, 3.8) is 0 Å². The van der Waals surface area contributed by atoms with E-state index in [-0.39, 0.29) is 11.8 Å². The van der Waals surface area contributed by atoms with Gasteiger partial charge in [-0.2, -0.15) is 5.10 Å². The predicted octanol–water partition coefficient (Wildman–Crippen LogP) is 1.66. The number of rotatable bonds is 3. The van der Waals surface area contributed by atoms with Crippen LogP contribution in [0.4, 0.5) is 0 Å². The lowest BCUT2D eigenvalue weighted by Gasteiger charge is -2.14. The molecular formula is C10H16N2O2. The van der Waals surface area contributed by atoms with Crippen molar-refractivity contribution in [3.05, 3.63) is 18.0 Å². The molecule has 0 saturated carbocycles. The summed E-state index contributed by atoms with van der Waals surface area (Å²) in [5.41, 5.74) is 1.20. The zero-order valence-electron chi connectivity index (χ0n) is 8.82. The SMILES string of the molecule is CC(C)(C)c1cnn(CCC(=O)O)c1. The van der Waals surface area contributed by atoms with E-state index in [4.69, 9.17) is 5.11 Å². The van der Waals surface area contributed by atoms with Crippen molar-refractivity contribution in [2.75, 3.05) is 0 Å². The quantitative estimate of drug-likeness (QED) is 0.799. The summed E-state index contributed by atoms with van der Waals surface area (Å²) in [6, 6.07) is 0. The standard InChI is InChI=1S/C10H16N2O2/c1-10(2,3)8-6-11-12(7-8)5-4-9(13)14/h6-7H,4-5H2,1-3H3,(H,13,14). The van der Waals surface area contributed by atoms with Crippen molar-refractivity contribution in [1.82, 2.24) is 9.78 Å². The number of aromatic nitrogens is 2. The van der Waals surface area contributed by atoms with Crippen molar-refractivity contribution in [2.24, 2.45) is 0 Å². The molecule has 0 aliphatic rings. The molecule has 1 aromatic heterocycles. The van der Waals surface area contributed by atoms with Gasteiger partial charge in [0.2, 0.25) is 0 Å². The first-order valence-corrected chi connectivity index (χ1v) is 4.64. The van der Waals surface area contributed by atoms with E-state index in [2.05, 4.69) is 25.9 Å². The monoisotopic (exact) mass is 196 g/mol. The first-order chi connectivity index (χ1) is 6.39. The molecule has 0 radical (unpaired) electrons. The number of carboxylic acids is 1. The first kappa shape index (κ1) is 10.8. The van der Waals surface area contributed by atoms with Crippen molar-refractivity contribution in [3.8, 4) is 0 Å². The molecule has 1 aromatic rings. The molecule has 0 saturated heterocycles. The number of nitrogens with zero attached hydrogens (tertiary/aromatic N) is 2. The van der Waals surface area contributed by atoms with Crippen LogP contribution in [-0.4, -0.2) is 20.9 Å². The average Bonchev–Trinajstić information content (AvgIpc) is 2.47. The van der Waals surface area contributed by atoms with Crippen LogP contribution in [0.15, 0.2) is 12.4 Å². The van der Waals surface area contributed by atoms with Crippen molar-refractivity contribution < 1.29 is 9.90 Å². The molecular weight excluding hydrogens is 180 g/mol. The van der Waals surface area contributed by atoms with Gasteiger partial charge < -0.3 is 5.11 Å². The van der Waals surface area contributed by atoms with Gasteiger partial charge in [0.25, 0.3) is 0 Å². The largest absolute Gasteiger partial charge is 0.481 e. The van der Waals surface area contributed by atoms with Gasteiger partial charge >= 0.3 is 5.97 Å². The Bertz CT molecular complexity index is 323. The van der Waals surface area contributed by atoms with Crippen LogP contribution in [0.3, 0.4) is 0 Å². The van der Waals surface area contributed by atoms with E-state index in [1.54, 1.807) is 10.9 Å². The maximum atomic E-state index is 10.3. The number of carboxylic acid groups (broad SMARTS) is 1. The molecule has 14 heavy (non-hydrogen) atoms. The van der Waals surface area contributed by atoms with Crippen LogP contribution in [0.25, 0.3) is 0 Å². The third kappa shape index (κ3) is 2.87. The normalized spacial score (nSPS) is 11.6. The highest BCUT2D eigenvalue weighted by atomic mass is 16.4. The van der Waals surface area contributed by atoms with Gasteiger partial charge in [-0.25, -0.2) is 0 Å². The predicted molar refractivity (Wildman–Crippen MR) is 53.2 cm³/mol. The number of hydrogen-bond donors (Lipinski definition) is 1. The van der Waals surface area contributed by atoms with Crippen LogP contribution in [0, 0.1) is 0 Å². The van der Waals surface area contributed by atoms with E-state index >= 15 is 0 Å². The molecule has 0 bridgehead atoms. The molecule has 1 rings (SSSR count). The summed E-state index contributed by atoms with van der Waals surface area (Å²) in [5.74, 6) is -0.794. The van der Waals surface area contributed by atoms with E-state index < -0.39 is 5.97 Å². The fourth-order valence-corrected chi connectivity index (χ4v) is 1.08. The average molecular weight is 196 g/mol. The zero-order valence-corrected chi connectivity index (χ0v) is 8.82. The third-order valence-corrected chi connectivity index (χ3v) is 2.05. The molecule has 0 aliphatic heterocycles. The lowest BCUT2D eigenvalue weighted by molar-refractivity contribution is -0.137. The van der Waals surface area contributed by atoms with Crippen molar-refractivity contribution in [2.45, 2.75) is 39.2 Å². The topological polar surface area (TPSA) is 55.1 Å². The lowest BCUT2D eigenvalue weighted by atomic mass is 9.90. The Balaban J connectivity index is 2.64. The minimum absolute atomic E-state index is 0.0709. The fraction of sp³-hybridized carbons (Fsp3) is 0.600.